The highest BCUT2D eigenvalue weighted by Gasteiger charge is 2.16. The first kappa shape index (κ1) is 17.6. The molecule has 0 atom stereocenters. The van der Waals surface area contributed by atoms with Crippen molar-refractivity contribution in [3.63, 3.8) is 0 Å². The van der Waals surface area contributed by atoms with Crippen LogP contribution in [0.5, 0.6) is 11.6 Å². The van der Waals surface area contributed by atoms with Crippen molar-refractivity contribution in [1.29, 1.82) is 0 Å². The average molecular weight is 378 g/mol. The van der Waals surface area contributed by atoms with Crippen LogP contribution in [-0.4, -0.2) is 23.9 Å². The number of ether oxygens (including phenoxy) is 2. The third-order valence-corrected chi connectivity index (χ3v) is 4.47. The van der Waals surface area contributed by atoms with Crippen molar-refractivity contribution in [2.24, 2.45) is 0 Å². The second-order valence-electron chi connectivity index (χ2n) is 5.41. The molecule has 0 saturated carbocycles. The van der Waals surface area contributed by atoms with E-state index in [2.05, 4.69) is 10.2 Å². The van der Waals surface area contributed by atoms with E-state index in [9.17, 15) is 0 Å². The molecule has 2 aromatic carbocycles. The Kier molecular flexibility index (Phi) is 5.16. The zero-order chi connectivity index (χ0) is 18.0. The Balaban J connectivity index is 2.11. The van der Waals surface area contributed by atoms with Crippen molar-refractivity contribution in [3.05, 3.63) is 51.6 Å². The van der Waals surface area contributed by atoms with E-state index < -0.39 is 0 Å². The van der Waals surface area contributed by atoms with Crippen LogP contribution in [0.2, 0.25) is 10.0 Å². The molecule has 0 aliphatic rings. The number of nitrogens with zero attached hydrogens (tertiary/aromatic N) is 2. The van der Waals surface area contributed by atoms with E-state index in [1.807, 2.05) is 31.2 Å². The highest BCUT2D eigenvalue weighted by molar-refractivity contribution is 6.35. The fraction of sp³-hybridized carbons (Fsp3) is 0.222. The maximum absolute atomic E-state index is 6.21. The molecule has 0 bridgehead atoms. The summed E-state index contributed by atoms with van der Waals surface area (Å²) in [4.78, 5) is 0. The number of aromatic nitrogens is 2. The molecule has 0 radical (unpaired) electrons. The first-order valence-corrected chi connectivity index (χ1v) is 8.49. The lowest BCUT2D eigenvalue weighted by Gasteiger charge is -2.13. The van der Waals surface area contributed by atoms with Crippen LogP contribution >= 0.6 is 23.2 Å². The summed E-state index contributed by atoms with van der Waals surface area (Å²) in [6.45, 7) is 2.37. The summed E-state index contributed by atoms with van der Waals surface area (Å²) in [5.74, 6) is 1.06. The fourth-order valence-electron chi connectivity index (χ4n) is 2.67. The Labute approximate surface area is 155 Å². The van der Waals surface area contributed by atoms with Crippen LogP contribution in [0, 0.1) is 0 Å². The van der Waals surface area contributed by atoms with Crippen LogP contribution in [0.3, 0.4) is 0 Å². The summed E-state index contributed by atoms with van der Waals surface area (Å²) in [7, 11) is 1.58. The minimum absolute atomic E-state index is 0.442. The number of hydrogen-bond acceptors (Lipinski definition) is 5. The number of hydrogen-bond donors (Lipinski definition) is 1. The molecule has 7 heteroatoms. The summed E-state index contributed by atoms with van der Waals surface area (Å²) >= 11 is 12.4. The first-order valence-electron chi connectivity index (χ1n) is 7.73. The summed E-state index contributed by atoms with van der Waals surface area (Å²) in [6, 6.07) is 9.16. The summed E-state index contributed by atoms with van der Waals surface area (Å²) in [6.07, 6.45) is 0.504. The second-order valence-corrected chi connectivity index (χ2v) is 6.23. The van der Waals surface area contributed by atoms with Gasteiger partial charge in [-0.3, -0.25) is 0 Å². The van der Waals surface area contributed by atoms with Gasteiger partial charge in [0.25, 0.3) is 0 Å². The number of nitrogens with two attached hydrogens (primary N) is 1. The van der Waals surface area contributed by atoms with Gasteiger partial charge in [0, 0.05) is 17.2 Å². The number of fused-ring (bicyclic) bond motifs is 1. The first-order chi connectivity index (χ1) is 12.0. The van der Waals surface area contributed by atoms with E-state index in [-0.39, 0.29) is 0 Å². The molecule has 3 rings (SSSR count). The normalized spacial score (nSPS) is 10.9. The van der Waals surface area contributed by atoms with Crippen LogP contribution in [-0.2, 0) is 6.42 Å². The molecule has 1 heterocycles. The van der Waals surface area contributed by atoms with Gasteiger partial charge >= 0.3 is 0 Å². The molecule has 5 nitrogen and oxygen atoms in total. The minimum atomic E-state index is 0.442. The predicted molar refractivity (Wildman–Crippen MR) is 101 cm³/mol. The average Bonchev–Trinajstić information content (AvgIpc) is 2.60. The Morgan fingerprint density at radius 2 is 1.88 bits per heavy atom. The van der Waals surface area contributed by atoms with Gasteiger partial charge in [-0.1, -0.05) is 29.3 Å². The van der Waals surface area contributed by atoms with Gasteiger partial charge < -0.3 is 15.2 Å². The molecule has 0 amide bonds. The van der Waals surface area contributed by atoms with Crippen molar-refractivity contribution >= 4 is 39.7 Å². The highest BCUT2D eigenvalue weighted by atomic mass is 35.5. The molecule has 0 unspecified atom stereocenters. The summed E-state index contributed by atoms with van der Waals surface area (Å²) < 4.78 is 10.7. The van der Waals surface area contributed by atoms with Crippen molar-refractivity contribution in [1.82, 2.24) is 10.2 Å². The number of rotatable bonds is 5. The quantitative estimate of drug-likeness (QED) is 0.661. The largest absolute Gasteiger partial charge is 0.495 e. The molecule has 0 aliphatic carbocycles. The molecule has 130 valence electrons. The van der Waals surface area contributed by atoms with Gasteiger partial charge in [-0.05, 0) is 36.8 Å². The number of halogens is 2. The Bertz CT molecular complexity index is 932. The van der Waals surface area contributed by atoms with E-state index >= 15 is 0 Å². The fourth-order valence-corrected chi connectivity index (χ4v) is 3.11. The van der Waals surface area contributed by atoms with E-state index in [1.165, 1.54) is 0 Å². The zero-order valence-corrected chi connectivity index (χ0v) is 15.4. The second kappa shape index (κ2) is 7.33. The summed E-state index contributed by atoms with van der Waals surface area (Å²) in [5.41, 5.74) is 8.35. The standard InChI is InChI=1S/C18H17Cl2N3O2/c1-3-25-18-11-5-6-12(19)17(21)16(11)14(22-23-18)9-10-4-7-15(24-2)13(20)8-10/h4-8H,3,9,21H2,1-2H3. The molecule has 0 saturated heterocycles. The van der Waals surface area contributed by atoms with Crippen molar-refractivity contribution in [2.45, 2.75) is 13.3 Å². The van der Waals surface area contributed by atoms with Gasteiger partial charge in [0.2, 0.25) is 5.88 Å². The molecule has 0 fully saturated rings. The lowest BCUT2D eigenvalue weighted by atomic mass is 10.0. The third-order valence-electron chi connectivity index (χ3n) is 3.84. The molecule has 25 heavy (non-hydrogen) atoms. The van der Waals surface area contributed by atoms with E-state index in [4.69, 9.17) is 38.4 Å². The number of nitrogen functional groups attached to an aromatic ring is 1. The van der Waals surface area contributed by atoms with Gasteiger partial charge in [0.15, 0.2) is 0 Å². The Morgan fingerprint density at radius 3 is 2.56 bits per heavy atom. The lowest BCUT2D eigenvalue weighted by molar-refractivity contribution is 0.327. The maximum Gasteiger partial charge on any atom is 0.241 e. The highest BCUT2D eigenvalue weighted by Crippen LogP contribution is 2.35. The van der Waals surface area contributed by atoms with Crippen LogP contribution in [0.1, 0.15) is 18.2 Å². The molecule has 0 aliphatic heterocycles. The monoisotopic (exact) mass is 377 g/mol. The molecule has 3 aromatic rings. The van der Waals surface area contributed by atoms with Crippen LogP contribution in [0.4, 0.5) is 5.69 Å². The van der Waals surface area contributed by atoms with E-state index in [1.54, 1.807) is 13.2 Å². The van der Waals surface area contributed by atoms with Gasteiger partial charge in [-0.15, -0.1) is 5.10 Å². The molecule has 2 N–H and O–H groups in total. The smallest absolute Gasteiger partial charge is 0.241 e. The van der Waals surface area contributed by atoms with Crippen LogP contribution in [0.25, 0.3) is 10.8 Å². The molecular weight excluding hydrogens is 361 g/mol. The SMILES string of the molecule is CCOc1nnc(Cc2ccc(OC)c(Cl)c2)c2c(N)c(Cl)ccc12. The van der Waals surface area contributed by atoms with Crippen molar-refractivity contribution in [3.8, 4) is 11.6 Å². The number of methoxy groups -OCH3 is 1. The molecular formula is C18H17Cl2N3O2. The number of benzene rings is 2. The predicted octanol–water partition coefficient (Wildman–Crippen LogP) is 4.52. The van der Waals surface area contributed by atoms with E-state index in [0.717, 1.165) is 16.3 Å². The van der Waals surface area contributed by atoms with Crippen LogP contribution < -0.4 is 15.2 Å². The molecule has 0 spiro atoms. The Hall–Kier alpha value is -2.24. The zero-order valence-electron chi connectivity index (χ0n) is 13.8. The molecule has 1 aromatic heterocycles. The topological polar surface area (TPSA) is 70.3 Å². The van der Waals surface area contributed by atoms with E-state index in [0.29, 0.717) is 46.1 Å². The van der Waals surface area contributed by atoms with Gasteiger partial charge in [-0.25, -0.2) is 0 Å². The third kappa shape index (κ3) is 3.43. The van der Waals surface area contributed by atoms with Crippen molar-refractivity contribution in [2.75, 3.05) is 19.5 Å². The van der Waals surface area contributed by atoms with Gasteiger partial charge in [-0.2, -0.15) is 5.10 Å². The Morgan fingerprint density at radius 1 is 1.08 bits per heavy atom. The van der Waals surface area contributed by atoms with Gasteiger partial charge in [0.05, 0.1) is 35.1 Å². The van der Waals surface area contributed by atoms with Crippen LogP contribution in [0.15, 0.2) is 30.3 Å². The number of anilines is 1. The minimum Gasteiger partial charge on any atom is -0.495 e. The maximum atomic E-state index is 6.21. The van der Waals surface area contributed by atoms with Crippen molar-refractivity contribution < 1.29 is 9.47 Å². The summed E-state index contributed by atoms with van der Waals surface area (Å²) in [5, 5.41) is 11.0. The lowest BCUT2D eigenvalue weighted by Crippen LogP contribution is -2.04. The van der Waals surface area contributed by atoms with Gasteiger partial charge in [0.1, 0.15) is 5.75 Å².